The molecule has 0 heterocycles. The highest BCUT2D eigenvalue weighted by Gasteiger charge is 2.23. The summed E-state index contributed by atoms with van der Waals surface area (Å²) in [5.41, 5.74) is 4.33. The molecular formula is C30H52O2. The van der Waals surface area contributed by atoms with Gasteiger partial charge in [-0.2, -0.15) is 0 Å². The van der Waals surface area contributed by atoms with Crippen LogP contribution in [-0.4, -0.2) is 12.6 Å². The summed E-state index contributed by atoms with van der Waals surface area (Å²) in [6, 6.07) is 0. The van der Waals surface area contributed by atoms with Gasteiger partial charge in [-0.15, -0.1) is 0 Å². The van der Waals surface area contributed by atoms with Crippen molar-refractivity contribution < 1.29 is 9.53 Å². The van der Waals surface area contributed by atoms with Crippen LogP contribution in [0.15, 0.2) is 34.9 Å². The molecule has 2 heteroatoms. The zero-order valence-electron chi connectivity index (χ0n) is 21.9. The first-order valence-electron chi connectivity index (χ1n) is 13.7. The van der Waals surface area contributed by atoms with Crippen molar-refractivity contribution in [2.75, 3.05) is 6.61 Å². The van der Waals surface area contributed by atoms with Crippen molar-refractivity contribution in [2.24, 2.45) is 5.92 Å². The molecule has 0 spiro atoms. The Hall–Kier alpha value is -1.31. The Morgan fingerprint density at radius 2 is 1.59 bits per heavy atom. The number of allylic oxidation sites excluding steroid dienone is 6. The minimum Gasteiger partial charge on any atom is -0.465 e. The lowest BCUT2D eigenvalue weighted by Crippen LogP contribution is -2.21. The summed E-state index contributed by atoms with van der Waals surface area (Å²) in [6.45, 7) is 9.44. The standard InChI is InChI=1S/C30H52O2/c1-5-6-7-8-9-10-11-12-13-14-24-32-30(31)29-23-17-22-28(25-29)21-16-20-27(4)19-15-18-26(2)3/h18,20,22,29H,5-17,19,21,23-25H2,1-4H3. The summed E-state index contributed by atoms with van der Waals surface area (Å²) < 4.78 is 5.62. The highest BCUT2D eigenvalue weighted by Crippen LogP contribution is 2.28. The van der Waals surface area contributed by atoms with Gasteiger partial charge in [0.05, 0.1) is 12.5 Å². The molecule has 0 bridgehead atoms. The van der Waals surface area contributed by atoms with Gasteiger partial charge in [-0.1, -0.05) is 99.7 Å². The van der Waals surface area contributed by atoms with Crippen LogP contribution in [0.3, 0.4) is 0 Å². The third-order valence-corrected chi connectivity index (χ3v) is 6.58. The van der Waals surface area contributed by atoms with E-state index in [2.05, 4.69) is 45.9 Å². The summed E-state index contributed by atoms with van der Waals surface area (Å²) in [7, 11) is 0. The Labute approximate surface area is 200 Å². The molecular weight excluding hydrogens is 392 g/mol. The van der Waals surface area contributed by atoms with Gasteiger partial charge in [0, 0.05) is 0 Å². The van der Waals surface area contributed by atoms with Crippen molar-refractivity contribution in [1.29, 1.82) is 0 Å². The average Bonchev–Trinajstić information content (AvgIpc) is 2.77. The molecule has 0 saturated heterocycles. The number of carbonyl (C=O) groups is 1. The zero-order valence-corrected chi connectivity index (χ0v) is 21.9. The molecule has 32 heavy (non-hydrogen) atoms. The maximum atomic E-state index is 12.5. The molecule has 0 aromatic heterocycles. The summed E-state index contributed by atoms with van der Waals surface area (Å²) >= 11 is 0. The highest BCUT2D eigenvalue weighted by atomic mass is 16.5. The fourth-order valence-electron chi connectivity index (χ4n) is 4.47. The number of hydrogen-bond donors (Lipinski definition) is 0. The molecule has 1 rings (SSSR count). The highest BCUT2D eigenvalue weighted by molar-refractivity contribution is 5.73. The Bertz CT molecular complexity index is 578. The van der Waals surface area contributed by atoms with Gasteiger partial charge in [-0.3, -0.25) is 4.79 Å². The van der Waals surface area contributed by atoms with Crippen LogP contribution in [0, 0.1) is 5.92 Å². The van der Waals surface area contributed by atoms with Gasteiger partial charge in [0.2, 0.25) is 0 Å². The summed E-state index contributed by atoms with van der Waals surface area (Å²) in [5.74, 6) is 0.126. The van der Waals surface area contributed by atoms with Gasteiger partial charge >= 0.3 is 5.97 Å². The van der Waals surface area contributed by atoms with E-state index in [4.69, 9.17) is 4.74 Å². The minimum absolute atomic E-state index is 0.0416. The van der Waals surface area contributed by atoms with Gasteiger partial charge in [-0.25, -0.2) is 0 Å². The second kappa shape index (κ2) is 19.2. The molecule has 0 radical (unpaired) electrons. The molecule has 1 aliphatic rings. The summed E-state index contributed by atoms with van der Waals surface area (Å²) in [4.78, 5) is 12.5. The van der Waals surface area contributed by atoms with Crippen LogP contribution < -0.4 is 0 Å². The van der Waals surface area contributed by atoms with Gasteiger partial charge in [0.15, 0.2) is 0 Å². The number of hydrogen-bond acceptors (Lipinski definition) is 2. The van der Waals surface area contributed by atoms with E-state index in [-0.39, 0.29) is 11.9 Å². The van der Waals surface area contributed by atoms with E-state index >= 15 is 0 Å². The largest absolute Gasteiger partial charge is 0.465 e. The lowest BCUT2D eigenvalue weighted by molar-refractivity contribution is -0.149. The normalized spacial score (nSPS) is 16.6. The quantitative estimate of drug-likeness (QED) is 0.119. The second-order valence-corrected chi connectivity index (χ2v) is 10.1. The Kier molecular flexibility index (Phi) is 17.2. The minimum atomic E-state index is 0.0416. The van der Waals surface area contributed by atoms with E-state index in [1.165, 1.54) is 74.5 Å². The van der Waals surface area contributed by atoms with Gasteiger partial charge in [-0.05, 0) is 72.1 Å². The van der Waals surface area contributed by atoms with Crippen molar-refractivity contribution in [3.05, 3.63) is 34.9 Å². The molecule has 1 atom stereocenters. The summed E-state index contributed by atoms with van der Waals surface area (Å²) in [6.07, 6.45) is 27.5. The van der Waals surface area contributed by atoms with Crippen LogP contribution in [0.5, 0.6) is 0 Å². The van der Waals surface area contributed by atoms with E-state index in [9.17, 15) is 4.79 Å². The van der Waals surface area contributed by atoms with E-state index in [0.717, 1.165) is 51.4 Å². The zero-order chi connectivity index (χ0) is 23.4. The molecule has 0 N–H and O–H groups in total. The van der Waals surface area contributed by atoms with E-state index < -0.39 is 0 Å². The van der Waals surface area contributed by atoms with Crippen LogP contribution in [0.2, 0.25) is 0 Å². The molecule has 0 aliphatic heterocycles. The number of unbranched alkanes of at least 4 members (excludes halogenated alkanes) is 9. The monoisotopic (exact) mass is 444 g/mol. The Morgan fingerprint density at radius 3 is 2.25 bits per heavy atom. The summed E-state index contributed by atoms with van der Waals surface area (Å²) in [5, 5.41) is 0. The molecule has 1 aliphatic carbocycles. The van der Waals surface area contributed by atoms with Crippen molar-refractivity contribution in [2.45, 2.75) is 137 Å². The first-order chi connectivity index (χ1) is 15.5. The fraction of sp³-hybridized carbons (Fsp3) is 0.767. The predicted octanol–water partition coefficient (Wildman–Crippen LogP) is 9.65. The maximum absolute atomic E-state index is 12.5. The molecule has 0 aromatic carbocycles. The van der Waals surface area contributed by atoms with E-state index in [1.54, 1.807) is 0 Å². The lowest BCUT2D eigenvalue weighted by atomic mass is 9.87. The molecule has 0 amide bonds. The molecule has 0 fully saturated rings. The van der Waals surface area contributed by atoms with Gasteiger partial charge in [0.1, 0.15) is 0 Å². The Morgan fingerprint density at radius 1 is 0.938 bits per heavy atom. The smallest absolute Gasteiger partial charge is 0.309 e. The van der Waals surface area contributed by atoms with Gasteiger partial charge in [0.25, 0.3) is 0 Å². The third-order valence-electron chi connectivity index (χ3n) is 6.58. The van der Waals surface area contributed by atoms with Crippen LogP contribution in [0.1, 0.15) is 137 Å². The topological polar surface area (TPSA) is 26.3 Å². The van der Waals surface area contributed by atoms with Crippen molar-refractivity contribution >= 4 is 5.97 Å². The first-order valence-corrected chi connectivity index (χ1v) is 13.7. The van der Waals surface area contributed by atoms with E-state index in [0.29, 0.717) is 6.61 Å². The fourth-order valence-corrected chi connectivity index (χ4v) is 4.47. The second-order valence-electron chi connectivity index (χ2n) is 10.1. The predicted molar refractivity (Wildman–Crippen MR) is 140 cm³/mol. The molecule has 0 saturated carbocycles. The maximum Gasteiger partial charge on any atom is 0.309 e. The van der Waals surface area contributed by atoms with Crippen molar-refractivity contribution in [1.82, 2.24) is 0 Å². The lowest BCUT2D eigenvalue weighted by Gasteiger charge is -2.21. The number of ether oxygens (including phenoxy) is 1. The number of esters is 1. The third kappa shape index (κ3) is 15.5. The SMILES string of the molecule is CCCCCCCCCCCCOC(=O)C1CCC=C(CCC=C(C)CCC=C(C)C)C1. The molecule has 0 aromatic rings. The Balaban J connectivity index is 2.10. The van der Waals surface area contributed by atoms with Gasteiger partial charge < -0.3 is 4.74 Å². The van der Waals surface area contributed by atoms with Crippen LogP contribution in [0.25, 0.3) is 0 Å². The van der Waals surface area contributed by atoms with E-state index in [1.807, 2.05) is 0 Å². The first kappa shape index (κ1) is 28.7. The average molecular weight is 445 g/mol. The molecule has 184 valence electrons. The number of carbonyl (C=O) groups excluding carboxylic acids is 1. The molecule has 2 nitrogen and oxygen atoms in total. The van der Waals surface area contributed by atoms with Crippen LogP contribution in [0.4, 0.5) is 0 Å². The van der Waals surface area contributed by atoms with Crippen LogP contribution >= 0.6 is 0 Å². The number of rotatable bonds is 18. The van der Waals surface area contributed by atoms with Crippen molar-refractivity contribution in [3.8, 4) is 0 Å². The van der Waals surface area contributed by atoms with Crippen molar-refractivity contribution in [3.63, 3.8) is 0 Å². The van der Waals surface area contributed by atoms with Crippen LogP contribution in [-0.2, 0) is 9.53 Å². The molecule has 1 unspecified atom stereocenters.